The topological polar surface area (TPSA) is 17.1 Å². The molecule has 8 heavy (non-hydrogen) atoms. The average Bonchev–Trinajstić information content (AvgIpc) is 1.81. The van der Waals surface area contributed by atoms with E-state index in [2.05, 4.69) is 6.08 Å². The Kier molecular flexibility index (Phi) is 6.56. The highest BCUT2D eigenvalue weighted by Gasteiger charge is 1.92. The van der Waals surface area contributed by atoms with Crippen LogP contribution in [0, 0.1) is 0 Å². The van der Waals surface area contributed by atoms with E-state index in [-0.39, 0.29) is 0 Å². The maximum Gasteiger partial charge on any atom is 0.458 e. The Balaban J connectivity index is 2.82. The molecular formula is C6H11OS+. The third-order valence-corrected chi connectivity index (χ3v) is 1.29. The van der Waals surface area contributed by atoms with E-state index < -0.39 is 0 Å². The first-order chi connectivity index (χ1) is 3.91. The first-order valence-electron chi connectivity index (χ1n) is 2.77. The highest BCUT2D eigenvalue weighted by molar-refractivity contribution is 7.65. The number of hydrogen-bond acceptors (Lipinski definition) is 1. The minimum atomic E-state index is 0.668. The molecule has 0 aliphatic heterocycles. The highest BCUT2D eigenvalue weighted by Crippen LogP contribution is 1.88. The molecule has 0 heterocycles. The minimum absolute atomic E-state index is 0.668. The predicted octanol–water partition coefficient (Wildman–Crippen LogP) is 1.77. The Bertz CT molecular complexity index is 78.6. The third kappa shape index (κ3) is 5.76. The Morgan fingerprint density at radius 1 is 1.62 bits per heavy atom. The van der Waals surface area contributed by atoms with Crippen LogP contribution in [-0.2, 0) is 15.9 Å². The fraction of sp³-hybridized carbons (Fsp3) is 0.667. The normalized spacial score (nSPS) is 10.1. The first kappa shape index (κ1) is 7.76. The number of unbranched alkanes of at least 4 members (excludes halogenated alkanes) is 1. The molecule has 0 saturated heterocycles. The molecule has 0 aromatic carbocycles. The van der Waals surface area contributed by atoms with Crippen molar-refractivity contribution in [2.45, 2.75) is 19.8 Å². The van der Waals surface area contributed by atoms with Crippen molar-refractivity contribution >= 4 is 11.7 Å². The lowest BCUT2D eigenvalue weighted by Gasteiger charge is -1.76. The standard InChI is InChI=1S/C6H11OS/c1-2-3-4-5-6-8-7/h2-3H,4-6H2,1H3/q+1. The lowest BCUT2D eigenvalue weighted by Crippen LogP contribution is -1.77. The molecule has 2 heteroatoms. The van der Waals surface area contributed by atoms with Crippen molar-refractivity contribution in [2.75, 3.05) is 5.75 Å². The molecule has 0 unspecified atom stereocenters. The SMILES string of the molecule is CC=CCCC[S+]=O. The van der Waals surface area contributed by atoms with E-state index in [0.717, 1.165) is 18.6 Å². The molecule has 0 radical (unpaired) electrons. The van der Waals surface area contributed by atoms with Crippen molar-refractivity contribution in [1.82, 2.24) is 0 Å². The van der Waals surface area contributed by atoms with Gasteiger partial charge in [0, 0.05) is 10.6 Å². The van der Waals surface area contributed by atoms with Gasteiger partial charge in [-0.3, -0.25) is 0 Å². The van der Waals surface area contributed by atoms with Crippen LogP contribution in [0.25, 0.3) is 0 Å². The molecule has 0 aromatic rings. The van der Waals surface area contributed by atoms with Gasteiger partial charge < -0.3 is 0 Å². The fourth-order valence-electron chi connectivity index (χ4n) is 0.427. The number of allylic oxidation sites excluding steroid dienone is 2. The molecule has 0 aliphatic carbocycles. The molecule has 0 fully saturated rings. The van der Waals surface area contributed by atoms with E-state index >= 15 is 0 Å². The lowest BCUT2D eigenvalue weighted by molar-refractivity contribution is 0.604. The van der Waals surface area contributed by atoms with Gasteiger partial charge in [0.15, 0.2) is 0 Å². The second-order valence-corrected chi connectivity index (χ2v) is 2.18. The van der Waals surface area contributed by atoms with Gasteiger partial charge in [0.25, 0.3) is 0 Å². The van der Waals surface area contributed by atoms with E-state index in [1.807, 2.05) is 13.0 Å². The minimum Gasteiger partial charge on any atom is -0.0917 e. The van der Waals surface area contributed by atoms with Crippen molar-refractivity contribution in [3.8, 4) is 0 Å². The summed E-state index contributed by atoms with van der Waals surface area (Å²) in [7, 11) is 0. The lowest BCUT2D eigenvalue weighted by atomic mass is 10.3. The summed E-state index contributed by atoms with van der Waals surface area (Å²) in [5.74, 6) is 0.740. The zero-order valence-electron chi connectivity index (χ0n) is 5.09. The smallest absolute Gasteiger partial charge is 0.0917 e. The van der Waals surface area contributed by atoms with Gasteiger partial charge in [0.1, 0.15) is 0 Å². The van der Waals surface area contributed by atoms with Gasteiger partial charge in [-0.2, -0.15) is 0 Å². The second kappa shape index (κ2) is 6.76. The van der Waals surface area contributed by atoms with E-state index in [9.17, 15) is 4.21 Å². The van der Waals surface area contributed by atoms with Crippen molar-refractivity contribution in [3.05, 3.63) is 12.2 Å². The summed E-state index contributed by atoms with van der Waals surface area (Å²) < 4.78 is 9.79. The van der Waals surface area contributed by atoms with Crippen LogP contribution in [-0.4, -0.2) is 5.75 Å². The van der Waals surface area contributed by atoms with Crippen LogP contribution in [0.5, 0.6) is 0 Å². The van der Waals surface area contributed by atoms with Gasteiger partial charge in [-0.05, 0) is 13.3 Å². The molecule has 0 saturated carbocycles. The summed E-state index contributed by atoms with van der Waals surface area (Å²) in [6, 6.07) is 0. The Hall–Kier alpha value is -0.240. The summed E-state index contributed by atoms with van der Waals surface area (Å²) in [6.07, 6.45) is 6.15. The van der Waals surface area contributed by atoms with Crippen LogP contribution in [0.4, 0.5) is 0 Å². The van der Waals surface area contributed by atoms with E-state index in [1.54, 1.807) is 0 Å². The van der Waals surface area contributed by atoms with Gasteiger partial charge in [0.2, 0.25) is 5.75 Å². The van der Waals surface area contributed by atoms with Crippen LogP contribution >= 0.6 is 0 Å². The first-order valence-corrected chi connectivity index (χ1v) is 3.68. The third-order valence-electron chi connectivity index (χ3n) is 0.834. The van der Waals surface area contributed by atoms with Crippen molar-refractivity contribution in [1.29, 1.82) is 0 Å². The van der Waals surface area contributed by atoms with Gasteiger partial charge in [-0.1, -0.05) is 12.2 Å². The molecule has 0 bridgehead atoms. The molecule has 0 atom stereocenters. The van der Waals surface area contributed by atoms with Crippen LogP contribution in [0.15, 0.2) is 12.2 Å². The zero-order valence-corrected chi connectivity index (χ0v) is 5.91. The maximum atomic E-state index is 9.79. The van der Waals surface area contributed by atoms with Gasteiger partial charge in [-0.15, -0.1) is 0 Å². The van der Waals surface area contributed by atoms with Crippen LogP contribution < -0.4 is 0 Å². The summed E-state index contributed by atoms with van der Waals surface area (Å²) >= 11 is 0.668. The van der Waals surface area contributed by atoms with E-state index in [1.165, 1.54) is 0 Å². The van der Waals surface area contributed by atoms with E-state index in [4.69, 9.17) is 0 Å². The quantitative estimate of drug-likeness (QED) is 0.323. The monoisotopic (exact) mass is 131 g/mol. The Labute approximate surface area is 54.3 Å². The number of hydrogen-bond donors (Lipinski definition) is 0. The average molecular weight is 131 g/mol. The van der Waals surface area contributed by atoms with Gasteiger partial charge in [-0.25, -0.2) is 0 Å². The Morgan fingerprint density at radius 2 is 2.38 bits per heavy atom. The molecule has 0 spiro atoms. The molecule has 0 aromatic heterocycles. The molecular weight excluding hydrogens is 120 g/mol. The summed E-state index contributed by atoms with van der Waals surface area (Å²) in [5, 5.41) is 0. The molecule has 0 N–H and O–H groups in total. The maximum absolute atomic E-state index is 9.79. The van der Waals surface area contributed by atoms with Gasteiger partial charge in [0.05, 0.1) is 0 Å². The second-order valence-electron chi connectivity index (χ2n) is 1.53. The van der Waals surface area contributed by atoms with Crippen LogP contribution in [0.2, 0.25) is 0 Å². The molecule has 46 valence electrons. The van der Waals surface area contributed by atoms with Crippen molar-refractivity contribution < 1.29 is 4.21 Å². The molecule has 0 aliphatic rings. The fourth-order valence-corrected chi connectivity index (χ4v) is 0.711. The predicted molar refractivity (Wildman–Crippen MR) is 37.0 cm³/mol. The van der Waals surface area contributed by atoms with Crippen LogP contribution in [0.1, 0.15) is 19.8 Å². The summed E-state index contributed by atoms with van der Waals surface area (Å²) in [5.41, 5.74) is 0. The highest BCUT2D eigenvalue weighted by atomic mass is 32.1. The molecule has 0 amide bonds. The summed E-state index contributed by atoms with van der Waals surface area (Å²) in [6.45, 7) is 1.99. The zero-order chi connectivity index (χ0) is 6.24. The van der Waals surface area contributed by atoms with Crippen molar-refractivity contribution in [2.24, 2.45) is 0 Å². The van der Waals surface area contributed by atoms with Crippen molar-refractivity contribution in [3.63, 3.8) is 0 Å². The van der Waals surface area contributed by atoms with E-state index in [0.29, 0.717) is 11.7 Å². The molecule has 1 nitrogen and oxygen atoms in total. The summed E-state index contributed by atoms with van der Waals surface area (Å²) in [4.78, 5) is 0. The Morgan fingerprint density at radius 3 is 2.88 bits per heavy atom. The number of rotatable bonds is 4. The van der Waals surface area contributed by atoms with Gasteiger partial charge >= 0.3 is 11.7 Å². The molecule has 0 rings (SSSR count). The van der Waals surface area contributed by atoms with Crippen LogP contribution in [0.3, 0.4) is 0 Å². The largest absolute Gasteiger partial charge is 0.458 e.